The zero-order valence-corrected chi connectivity index (χ0v) is 22.3. The second kappa shape index (κ2) is 11.6. The molecule has 6 nitrogen and oxygen atoms in total. The van der Waals surface area contributed by atoms with Crippen LogP contribution in [0, 0.1) is 18.7 Å². The predicted octanol–water partition coefficient (Wildman–Crippen LogP) is 6.33. The van der Waals surface area contributed by atoms with Gasteiger partial charge in [0.05, 0.1) is 19.2 Å². The summed E-state index contributed by atoms with van der Waals surface area (Å²) in [5.74, 6) is 1.33. The maximum atomic E-state index is 13.6. The van der Waals surface area contributed by atoms with Crippen LogP contribution in [-0.2, 0) is 16.0 Å². The van der Waals surface area contributed by atoms with Crippen LogP contribution >= 0.6 is 0 Å². The third kappa shape index (κ3) is 6.25. The monoisotopic (exact) mass is 525 g/mol. The molecule has 39 heavy (non-hydrogen) atoms. The van der Waals surface area contributed by atoms with E-state index in [0.29, 0.717) is 31.6 Å². The molecule has 1 atom stereocenters. The number of anilines is 1. The molecule has 0 spiro atoms. The molecule has 1 fully saturated rings. The minimum atomic E-state index is -0.317. The maximum Gasteiger partial charge on any atom is 0.227 e. The summed E-state index contributed by atoms with van der Waals surface area (Å²) in [6, 6.07) is 21.8. The molecular formula is C32H32FN3O3. The molecule has 7 heteroatoms. The Bertz CT molecular complexity index is 1460. The molecule has 1 aliphatic rings. The van der Waals surface area contributed by atoms with Crippen LogP contribution in [0.1, 0.15) is 37.1 Å². The van der Waals surface area contributed by atoms with Gasteiger partial charge in [-0.25, -0.2) is 9.37 Å². The fraction of sp³-hybridized carbons (Fsp3) is 0.281. The highest BCUT2D eigenvalue weighted by Crippen LogP contribution is 2.29. The summed E-state index contributed by atoms with van der Waals surface area (Å²) < 4.78 is 20.7. The molecule has 3 aromatic carbocycles. The first-order chi connectivity index (χ1) is 18.9. The number of hydrogen-bond acceptors (Lipinski definition) is 4. The minimum absolute atomic E-state index is 0.0709. The SMILES string of the molecule is COc1cccc(N2CCC(CCC(=O)Cc3nc(-c4ccc(C)cc4)cn3-c3ccc(F)cc3)CC2=O)c1. The van der Waals surface area contributed by atoms with Crippen molar-refractivity contribution in [2.24, 2.45) is 5.92 Å². The number of piperidine rings is 1. The number of nitrogens with zero attached hydrogens (tertiary/aromatic N) is 3. The van der Waals surface area contributed by atoms with Gasteiger partial charge in [-0.05, 0) is 62.1 Å². The summed E-state index contributed by atoms with van der Waals surface area (Å²) in [7, 11) is 1.61. The van der Waals surface area contributed by atoms with Crippen LogP contribution < -0.4 is 9.64 Å². The highest BCUT2D eigenvalue weighted by Gasteiger charge is 2.27. The largest absolute Gasteiger partial charge is 0.497 e. The van der Waals surface area contributed by atoms with Crippen LogP contribution in [0.2, 0.25) is 0 Å². The predicted molar refractivity (Wildman–Crippen MR) is 150 cm³/mol. The molecule has 0 bridgehead atoms. The van der Waals surface area contributed by atoms with Crippen molar-refractivity contribution in [3.63, 3.8) is 0 Å². The van der Waals surface area contributed by atoms with Gasteiger partial charge in [0, 0.05) is 48.6 Å². The van der Waals surface area contributed by atoms with Gasteiger partial charge in [0.1, 0.15) is 23.2 Å². The number of benzene rings is 3. The first kappa shape index (κ1) is 26.4. The first-order valence-corrected chi connectivity index (χ1v) is 13.3. The first-order valence-electron chi connectivity index (χ1n) is 13.3. The molecule has 1 unspecified atom stereocenters. The van der Waals surface area contributed by atoms with Crippen molar-refractivity contribution in [1.82, 2.24) is 9.55 Å². The molecule has 2 heterocycles. The Kier molecular flexibility index (Phi) is 7.87. The molecular weight excluding hydrogens is 493 g/mol. The fourth-order valence-corrected chi connectivity index (χ4v) is 5.06. The molecule has 1 aliphatic heterocycles. The van der Waals surface area contributed by atoms with Gasteiger partial charge >= 0.3 is 0 Å². The maximum absolute atomic E-state index is 13.6. The summed E-state index contributed by atoms with van der Waals surface area (Å²) in [4.78, 5) is 32.6. The summed E-state index contributed by atoms with van der Waals surface area (Å²) in [6.45, 7) is 2.65. The average molecular weight is 526 g/mol. The number of halogens is 1. The smallest absolute Gasteiger partial charge is 0.227 e. The van der Waals surface area contributed by atoms with Crippen LogP contribution in [0.25, 0.3) is 16.9 Å². The summed E-state index contributed by atoms with van der Waals surface area (Å²) in [6.07, 6.45) is 4.38. The Morgan fingerprint density at radius 2 is 1.82 bits per heavy atom. The Balaban J connectivity index is 1.24. The Morgan fingerprint density at radius 1 is 1.05 bits per heavy atom. The van der Waals surface area contributed by atoms with E-state index in [9.17, 15) is 14.0 Å². The summed E-state index contributed by atoms with van der Waals surface area (Å²) in [5.41, 5.74) is 4.46. The molecule has 5 rings (SSSR count). The topological polar surface area (TPSA) is 64.4 Å². The fourth-order valence-electron chi connectivity index (χ4n) is 5.06. The molecule has 0 saturated carbocycles. The number of ether oxygens (including phenoxy) is 1. The molecule has 1 aromatic heterocycles. The third-order valence-electron chi connectivity index (χ3n) is 7.31. The number of carbonyl (C=O) groups excluding carboxylic acids is 2. The number of aromatic nitrogens is 2. The second-order valence-electron chi connectivity index (χ2n) is 10.1. The molecule has 200 valence electrons. The molecule has 0 radical (unpaired) electrons. The summed E-state index contributed by atoms with van der Waals surface area (Å²) in [5, 5.41) is 0. The number of Topliss-reactive ketones (excluding diaryl/α,β-unsaturated/α-hetero) is 1. The molecule has 0 aliphatic carbocycles. The van der Waals surface area contributed by atoms with Crippen molar-refractivity contribution in [3.05, 3.63) is 96.2 Å². The number of ketones is 1. The number of amides is 1. The average Bonchev–Trinajstić information content (AvgIpc) is 3.36. The van der Waals surface area contributed by atoms with Crippen molar-refractivity contribution in [1.29, 1.82) is 0 Å². The Hall–Kier alpha value is -4.26. The number of hydrogen-bond donors (Lipinski definition) is 0. The van der Waals surface area contributed by atoms with E-state index in [-0.39, 0.29) is 29.8 Å². The third-order valence-corrected chi connectivity index (χ3v) is 7.31. The standard InChI is InChI=1S/C32H32FN3O3/c1-22-6-9-24(10-7-22)30-21-36(26-13-11-25(33)12-14-26)31(34-30)20-28(37)15-8-23-16-17-35(32(38)18-23)27-4-3-5-29(19-27)39-2/h3-7,9-14,19,21,23H,8,15-18,20H2,1-2H3. The lowest BCUT2D eigenvalue weighted by molar-refractivity contribution is -0.122. The van der Waals surface area contributed by atoms with Gasteiger partial charge in [0.25, 0.3) is 0 Å². The number of carbonyl (C=O) groups is 2. The highest BCUT2D eigenvalue weighted by molar-refractivity contribution is 5.94. The van der Waals surface area contributed by atoms with E-state index in [1.54, 1.807) is 24.1 Å². The second-order valence-corrected chi connectivity index (χ2v) is 10.1. The van der Waals surface area contributed by atoms with E-state index in [1.165, 1.54) is 12.1 Å². The quantitative estimate of drug-likeness (QED) is 0.256. The highest BCUT2D eigenvalue weighted by atomic mass is 19.1. The molecule has 1 saturated heterocycles. The summed E-state index contributed by atoms with van der Waals surface area (Å²) >= 11 is 0. The lowest BCUT2D eigenvalue weighted by Crippen LogP contribution is -2.39. The van der Waals surface area contributed by atoms with E-state index >= 15 is 0 Å². The van der Waals surface area contributed by atoms with E-state index in [1.807, 2.05) is 66.2 Å². The zero-order valence-electron chi connectivity index (χ0n) is 22.3. The van der Waals surface area contributed by atoms with E-state index in [0.717, 1.165) is 40.4 Å². The van der Waals surface area contributed by atoms with Crippen molar-refractivity contribution in [3.8, 4) is 22.7 Å². The van der Waals surface area contributed by atoms with Crippen molar-refractivity contribution in [2.45, 2.75) is 39.0 Å². The lowest BCUT2D eigenvalue weighted by Gasteiger charge is -2.32. The van der Waals surface area contributed by atoms with Gasteiger partial charge in [-0.1, -0.05) is 35.9 Å². The Labute approximate surface area is 228 Å². The minimum Gasteiger partial charge on any atom is -0.497 e. The van der Waals surface area contributed by atoms with Crippen LogP contribution in [-0.4, -0.2) is 34.9 Å². The molecule has 4 aromatic rings. The van der Waals surface area contributed by atoms with Gasteiger partial charge < -0.3 is 14.2 Å². The van der Waals surface area contributed by atoms with Crippen LogP contribution in [0.5, 0.6) is 5.75 Å². The van der Waals surface area contributed by atoms with E-state index in [4.69, 9.17) is 9.72 Å². The van der Waals surface area contributed by atoms with Gasteiger partial charge in [-0.2, -0.15) is 0 Å². The lowest BCUT2D eigenvalue weighted by atomic mass is 9.90. The van der Waals surface area contributed by atoms with Crippen LogP contribution in [0.3, 0.4) is 0 Å². The molecule has 1 amide bonds. The van der Waals surface area contributed by atoms with Gasteiger partial charge in [-0.3, -0.25) is 9.59 Å². The van der Waals surface area contributed by atoms with Crippen LogP contribution in [0.15, 0.2) is 79.0 Å². The van der Waals surface area contributed by atoms with E-state index in [2.05, 4.69) is 0 Å². The normalized spacial score (nSPS) is 15.4. The number of imidazole rings is 1. The number of aryl methyl sites for hydroxylation is 1. The molecule has 0 N–H and O–H groups in total. The van der Waals surface area contributed by atoms with Crippen molar-refractivity contribution in [2.75, 3.05) is 18.6 Å². The van der Waals surface area contributed by atoms with Crippen molar-refractivity contribution >= 4 is 17.4 Å². The van der Waals surface area contributed by atoms with Gasteiger partial charge in [0.15, 0.2) is 0 Å². The van der Waals surface area contributed by atoms with Gasteiger partial charge in [0.2, 0.25) is 5.91 Å². The zero-order chi connectivity index (χ0) is 27.4. The van der Waals surface area contributed by atoms with Crippen LogP contribution in [0.4, 0.5) is 10.1 Å². The Morgan fingerprint density at radius 3 is 2.54 bits per heavy atom. The van der Waals surface area contributed by atoms with Gasteiger partial charge in [-0.15, -0.1) is 0 Å². The number of methoxy groups -OCH3 is 1. The van der Waals surface area contributed by atoms with E-state index < -0.39 is 0 Å². The van der Waals surface area contributed by atoms with Crippen molar-refractivity contribution < 1.29 is 18.7 Å². The number of rotatable bonds is 9.